The van der Waals surface area contributed by atoms with Crippen LogP contribution in [-0.4, -0.2) is 11.8 Å². The topological polar surface area (TPSA) is 12.0 Å². The van der Waals surface area contributed by atoms with Crippen molar-refractivity contribution in [3.63, 3.8) is 0 Å². The van der Waals surface area contributed by atoms with Gasteiger partial charge in [0.1, 0.15) is 4.34 Å². The van der Waals surface area contributed by atoms with Gasteiger partial charge in [0.15, 0.2) is 0 Å². The number of halogens is 2. The molecule has 0 amide bonds. The van der Waals surface area contributed by atoms with E-state index < -0.39 is 0 Å². The van der Waals surface area contributed by atoms with E-state index in [4.69, 9.17) is 11.6 Å². The maximum atomic E-state index is 6.02. The van der Waals surface area contributed by atoms with Gasteiger partial charge >= 0.3 is 0 Å². The van der Waals surface area contributed by atoms with Gasteiger partial charge in [0.25, 0.3) is 0 Å². The average Bonchev–Trinajstić information content (AvgIpc) is 2.47. The predicted octanol–water partition coefficient (Wildman–Crippen LogP) is 4.28. The third-order valence-corrected chi connectivity index (χ3v) is 6.25. The summed E-state index contributed by atoms with van der Waals surface area (Å²) in [6.45, 7) is 3.38. The maximum Gasteiger partial charge on any atom is 0.107 e. The molecule has 1 nitrogen and oxygen atoms in total. The molecule has 1 aliphatic rings. The van der Waals surface area contributed by atoms with E-state index in [0.29, 0.717) is 5.37 Å². The first-order valence-electron chi connectivity index (χ1n) is 4.50. The number of thioether (sulfide) groups is 1. The zero-order chi connectivity index (χ0) is 10.1. The van der Waals surface area contributed by atoms with Gasteiger partial charge in [0.2, 0.25) is 0 Å². The summed E-state index contributed by atoms with van der Waals surface area (Å²) in [7, 11) is 0. The minimum absolute atomic E-state index is 0.424. The first-order chi connectivity index (χ1) is 6.66. The molecule has 1 N–H and O–H groups in total. The standard InChI is InChI=1S/C9H11BrClNS2/c1-5-2-3-12-9(13-5)7-4-6(10)8(11)14-7/h4-5,9,12H,2-3H2,1H3. The van der Waals surface area contributed by atoms with E-state index in [-0.39, 0.29) is 0 Å². The van der Waals surface area contributed by atoms with Crippen LogP contribution in [0.4, 0.5) is 0 Å². The summed E-state index contributed by atoms with van der Waals surface area (Å²) in [6, 6.07) is 2.12. The second-order valence-corrected chi connectivity index (χ2v) is 7.43. The SMILES string of the molecule is CC1CCNC(c2cc(Br)c(Cl)s2)S1. The number of nitrogens with one attached hydrogen (secondary N) is 1. The highest BCUT2D eigenvalue weighted by Gasteiger charge is 2.22. The molecule has 1 saturated heterocycles. The summed E-state index contributed by atoms with van der Waals surface area (Å²) in [5.74, 6) is 0. The highest BCUT2D eigenvalue weighted by Crippen LogP contribution is 2.41. The van der Waals surface area contributed by atoms with Gasteiger partial charge in [-0.3, -0.25) is 0 Å². The van der Waals surface area contributed by atoms with Crippen molar-refractivity contribution < 1.29 is 0 Å². The van der Waals surface area contributed by atoms with Crippen molar-refractivity contribution in [2.24, 2.45) is 0 Å². The minimum atomic E-state index is 0.424. The first kappa shape index (κ1) is 11.3. The van der Waals surface area contributed by atoms with Gasteiger partial charge < -0.3 is 5.32 Å². The Bertz CT molecular complexity index is 309. The zero-order valence-electron chi connectivity index (χ0n) is 7.72. The Labute approximate surface area is 106 Å². The summed E-state index contributed by atoms with van der Waals surface area (Å²) >= 11 is 13.1. The van der Waals surface area contributed by atoms with E-state index in [0.717, 1.165) is 20.6 Å². The molecule has 2 heterocycles. The van der Waals surface area contributed by atoms with Crippen molar-refractivity contribution in [1.29, 1.82) is 0 Å². The third kappa shape index (κ3) is 2.47. The largest absolute Gasteiger partial charge is 0.301 e. The monoisotopic (exact) mass is 311 g/mol. The molecule has 0 spiro atoms. The van der Waals surface area contributed by atoms with Gasteiger partial charge in [-0.05, 0) is 35.0 Å². The van der Waals surface area contributed by atoms with Crippen LogP contribution in [0.2, 0.25) is 4.34 Å². The minimum Gasteiger partial charge on any atom is -0.301 e. The van der Waals surface area contributed by atoms with Gasteiger partial charge in [-0.1, -0.05) is 18.5 Å². The molecule has 1 fully saturated rings. The Morgan fingerprint density at radius 1 is 1.64 bits per heavy atom. The van der Waals surface area contributed by atoms with Crippen molar-refractivity contribution in [2.45, 2.75) is 24.0 Å². The summed E-state index contributed by atoms with van der Waals surface area (Å²) in [4.78, 5) is 1.32. The lowest BCUT2D eigenvalue weighted by Crippen LogP contribution is -2.28. The van der Waals surface area contributed by atoms with E-state index in [9.17, 15) is 0 Å². The Hall–Kier alpha value is 0.780. The maximum absolute atomic E-state index is 6.02. The highest BCUT2D eigenvalue weighted by atomic mass is 79.9. The van der Waals surface area contributed by atoms with E-state index in [2.05, 4.69) is 34.2 Å². The molecule has 0 aromatic carbocycles. The van der Waals surface area contributed by atoms with Gasteiger partial charge in [-0.15, -0.1) is 23.1 Å². The van der Waals surface area contributed by atoms with Crippen molar-refractivity contribution in [1.82, 2.24) is 5.32 Å². The molecular formula is C9H11BrClNS2. The summed E-state index contributed by atoms with van der Waals surface area (Å²) in [5.41, 5.74) is 0. The molecular weight excluding hydrogens is 302 g/mol. The lowest BCUT2D eigenvalue weighted by Gasteiger charge is -2.26. The molecule has 0 aliphatic carbocycles. The fourth-order valence-corrected chi connectivity index (χ4v) is 4.57. The molecule has 2 unspecified atom stereocenters. The molecule has 5 heteroatoms. The van der Waals surface area contributed by atoms with E-state index in [1.54, 1.807) is 11.3 Å². The normalized spacial score (nSPS) is 27.9. The Morgan fingerprint density at radius 2 is 2.43 bits per heavy atom. The first-order valence-corrected chi connectivity index (χ1v) is 7.43. The van der Waals surface area contributed by atoms with Crippen LogP contribution in [0.15, 0.2) is 10.5 Å². The summed E-state index contributed by atoms with van der Waals surface area (Å²) in [5, 5.41) is 4.66. The summed E-state index contributed by atoms with van der Waals surface area (Å²) in [6.07, 6.45) is 1.25. The Kier molecular flexibility index (Phi) is 3.82. The smallest absolute Gasteiger partial charge is 0.107 e. The van der Waals surface area contributed by atoms with Crippen LogP contribution < -0.4 is 5.32 Å². The van der Waals surface area contributed by atoms with E-state index in [1.165, 1.54) is 11.3 Å². The molecule has 2 atom stereocenters. The van der Waals surface area contributed by atoms with Crippen molar-refractivity contribution >= 4 is 50.6 Å². The number of rotatable bonds is 1. The molecule has 0 radical (unpaired) electrons. The van der Waals surface area contributed by atoms with E-state index >= 15 is 0 Å². The van der Waals surface area contributed by atoms with Crippen LogP contribution in [0, 0.1) is 0 Å². The second-order valence-electron chi connectivity index (χ2n) is 3.34. The van der Waals surface area contributed by atoms with Gasteiger partial charge in [-0.25, -0.2) is 0 Å². The molecule has 0 bridgehead atoms. The van der Waals surface area contributed by atoms with Crippen molar-refractivity contribution in [3.05, 3.63) is 19.8 Å². The zero-order valence-corrected chi connectivity index (χ0v) is 11.7. The number of thiophene rings is 1. The lowest BCUT2D eigenvalue weighted by atomic mass is 10.3. The lowest BCUT2D eigenvalue weighted by molar-refractivity contribution is 0.610. The quantitative estimate of drug-likeness (QED) is 0.831. The number of hydrogen-bond acceptors (Lipinski definition) is 3. The molecule has 78 valence electrons. The second kappa shape index (κ2) is 4.74. The average molecular weight is 313 g/mol. The van der Waals surface area contributed by atoms with Crippen LogP contribution in [0.5, 0.6) is 0 Å². The molecule has 1 aromatic rings. The number of hydrogen-bond donors (Lipinski definition) is 1. The van der Waals surface area contributed by atoms with E-state index in [1.807, 2.05) is 11.8 Å². The van der Waals surface area contributed by atoms with Crippen molar-refractivity contribution in [3.8, 4) is 0 Å². The van der Waals surface area contributed by atoms with Crippen molar-refractivity contribution in [2.75, 3.05) is 6.54 Å². The fourth-order valence-electron chi connectivity index (χ4n) is 1.43. The summed E-state index contributed by atoms with van der Waals surface area (Å²) < 4.78 is 1.86. The predicted molar refractivity (Wildman–Crippen MR) is 69.4 cm³/mol. The van der Waals surface area contributed by atoms with Gasteiger partial charge in [-0.2, -0.15) is 0 Å². The van der Waals surface area contributed by atoms with Crippen LogP contribution in [0.1, 0.15) is 23.6 Å². The molecule has 14 heavy (non-hydrogen) atoms. The van der Waals surface area contributed by atoms with Crippen LogP contribution in [0.3, 0.4) is 0 Å². The molecule has 0 saturated carbocycles. The van der Waals surface area contributed by atoms with Crippen LogP contribution >= 0.6 is 50.6 Å². The van der Waals surface area contributed by atoms with Gasteiger partial charge in [0, 0.05) is 14.6 Å². The molecule has 1 aliphatic heterocycles. The third-order valence-electron chi connectivity index (χ3n) is 2.17. The van der Waals surface area contributed by atoms with Crippen LogP contribution in [0.25, 0.3) is 0 Å². The highest BCUT2D eigenvalue weighted by molar-refractivity contribution is 9.10. The Morgan fingerprint density at radius 3 is 3.00 bits per heavy atom. The fraction of sp³-hybridized carbons (Fsp3) is 0.556. The molecule has 1 aromatic heterocycles. The Balaban J connectivity index is 2.14. The van der Waals surface area contributed by atoms with Gasteiger partial charge in [0.05, 0.1) is 5.37 Å². The molecule has 2 rings (SSSR count). The van der Waals surface area contributed by atoms with Crippen LogP contribution in [-0.2, 0) is 0 Å².